The molecule has 1 saturated heterocycles. The molecule has 1 aromatic rings. The number of aromatic amines is 1. The zero-order valence-corrected chi connectivity index (χ0v) is 11.5. The van der Waals surface area contributed by atoms with Gasteiger partial charge >= 0.3 is 5.69 Å². The SMILES string of the molecule is CCc1c(Cl)[nH]c(=O)n(CC2CCN(C)C2)c1=O. The summed E-state index contributed by atoms with van der Waals surface area (Å²) >= 11 is 5.87. The van der Waals surface area contributed by atoms with Gasteiger partial charge in [-0.1, -0.05) is 18.5 Å². The highest BCUT2D eigenvalue weighted by atomic mass is 35.5. The van der Waals surface area contributed by atoms with Crippen LogP contribution in [0.15, 0.2) is 9.59 Å². The zero-order valence-electron chi connectivity index (χ0n) is 10.7. The molecule has 0 radical (unpaired) electrons. The van der Waals surface area contributed by atoms with Crippen molar-refractivity contribution in [2.75, 3.05) is 20.1 Å². The van der Waals surface area contributed by atoms with Crippen molar-refractivity contribution in [3.63, 3.8) is 0 Å². The molecule has 0 saturated carbocycles. The lowest BCUT2D eigenvalue weighted by Crippen LogP contribution is -2.39. The van der Waals surface area contributed by atoms with Crippen LogP contribution >= 0.6 is 11.6 Å². The first kappa shape index (κ1) is 13.4. The van der Waals surface area contributed by atoms with Crippen LogP contribution in [0.1, 0.15) is 18.9 Å². The molecule has 2 heterocycles. The first-order chi connectivity index (χ1) is 8.52. The van der Waals surface area contributed by atoms with Crippen molar-refractivity contribution in [2.45, 2.75) is 26.3 Å². The van der Waals surface area contributed by atoms with Crippen molar-refractivity contribution < 1.29 is 0 Å². The summed E-state index contributed by atoms with van der Waals surface area (Å²) in [7, 11) is 2.05. The third kappa shape index (κ3) is 2.52. The number of hydrogen-bond acceptors (Lipinski definition) is 3. The molecule has 1 fully saturated rings. The second-order valence-corrected chi connectivity index (χ2v) is 5.29. The fourth-order valence-electron chi connectivity index (χ4n) is 2.49. The van der Waals surface area contributed by atoms with Crippen LogP contribution in [0.3, 0.4) is 0 Å². The predicted octanol–water partition coefficient (Wildman–Crippen LogP) is 0.704. The Hall–Kier alpha value is -1.07. The smallest absolute Gasteiger partial charge is 0.306 e. The number of H-pyrrole nitrogens is 1. The minimum Gasteiger partial charge on any atom is -0.306 e. The standard InChI is InChI=1S/C12H18ClN3O2/c1-3-9-10(13)14-12(18)16(11(9)17)7-8-4-5-15(2)6-8/h8H,3-7H2,1-2H3,(H,14,18). The molecule has 18 heavy (non-hydrogen) atoms. The van der Waals surface area contributed by atoms with Crippen LogP contribution in [0.4, 0.5) is 0 Å². The van der Waals surface area contributed by atoms with Crippen molar-refractivity contribution >= 4 is 11.6 Å². The minimum absolute atomic E-state index is 0.173. The summed E-state index contributed by atoms with van der Waals surface area (Å²) in [6.45, 7) is 4.28. The summed E-state index contributed by atoms with van der Waals surface area (Å²) in [6.07, 6.45) is 1.55. The van der Waals surface area contributed by atoms with Gasteiger partial charge in [-0.15, -0.1) is 0 Å². The molecular weight excluding hydrogens is 254 g/mol. The van der Waals surface area contributed by atoms with Crippen molar-refractivity contribution in [3.05, 3.63) is 31.6 Å². The number of halogens is 1. The number of nitrogens with zero attached hydrogens (tertiary/aromatic N) is 2. The van der Waals surface area contributed by atoms with E-state index in [0.29, 0.717) is 24.4 Å². The summed E-state index contributed by atoms with van der Waals surface area (Å²) in [5.41, 5.74) is -0.167. The fourth-order valence-corrected chi connectivity index (χ4v) is 2.79. The number of nitrogens with one attached hydrogen (secondary N) is 1. The Bertz CT molecular complexity index is 549. The van der Waals surface area contributed by atoms with Crippen LogP contribution in [-0.4, -0.2) is 34.6 Å². The quantitative estimate of drug-likeness (QED) is 0.824. The Kier molecular flexibility index (Phi) is 3.92. The van der Waals surface area contributed by atoms with E-state index in [9.17, 15) is 9.59 Å². The maximum atomic E-state index is 12.2. The third-order valence-electron chi connectivity index (χ3n) is 3.51. The van der Waals surface area contributed by atoms with Crippen molar-refractivity contribution in [2.24, 2.45) is 5.92 Å². The molecule has 1 aliphatic rings. The van der Waals surface area contributed by atoms with Gasteiger partial charge in [0.2, 0.25) is 0 Å². The Morgan fingerprint density at radius 3 is 2.72 bits per heavy atom. The topological polar surface area (TPSA) is 58.1 Å². The van der Waals surface area contributed by atoms with E-state index < -0.39 is 5.69 Å². The van der Waals surface area contributed by atoms with Crippen LogP contribution in [0.2, 0.25) is 5.15 Å². The maximum Gasteiger partial charge on any atom is 0.329 e. The fraction of sp³-hybridized carbons (Fsp3) is 0.667. The van der Waals surface area contributed by atoms with Gasteiger partial charge < -0.3 is 4.90 Å². The molecule has 1 aromatic heterocycles. The second kappa shape index (κ2) is 5.28. The summed E-state index contributed by atoms with van der Waals surface area (Å²) in [5, 5.41) is 0.173. The third-order valence-corrected chi connectivity index (χ3v) is 3.84. The van der Waals surface area contributed by atoms with Crippen molar-refractivity contribution in [1.29, 1.82) is 0 Å². The van der Waals surface area contributed by atoms with Gasteiger partial charge in [0, 0.05) is 13.1 Å². The van der Waals surface area contributed by atoms with Gasteiger partial charge in [0.05, 0.1) is 5.56 Å². The molecule has 1 aliphatic heterocycles. The summed E-state index contributed by atoms with van der Waals surface area (Å²) in [6, 6.07) is 0. The summed E-state index contributed by atoms with van der Waals surface area (Å²) in [4.78, 5) is 28.7. The summed E-state index contributed by atoms with van der Waals surface area (Å²) < 4.78 is 1.29. The number of aromatic nitrogens is 2. The molecule has 0 aromatic carbocycles. The van der Waals surface area contributed by atoms with Crippen LogP contribution in [0, 0.1) is 5.92 Å². The van der Waals surface area contributed by atoms with Gasteiger partial charge in [0.25, 0.3) is 5.56 Å². The van der Waals surface area contributed by atoms with E-state index >= 15 is 0 Å². The Labute approximate surface area is 110 Å². The van der Waals surface area contributed by atoms with Gasteiger partial charge in [-0.3, -0.25) is 14.3 Å². The van der Waals surface area contributed by atoms with Crippen LogP contribution in [0.25, 0.3) is 0 Å². The normalized spacial score (nSPS) is 20.5. The molecule has 0 bridgehead atoms. The molecule has 0 amide bonds. The lowest BCUT2D eigenvalue weighted by atomic mass is 10.1. The molecule has 1 unspecified atom stereocenters. The molecule has 100 valence electrons. The van der Waals surface area contributed by atoms with E-state index in [0.717, 1.165) is 19.5 Å². The first-order valence-electron chi connectivity index (χ1n) is 6.23. The van der Waals surface area contributed by atoms with Gasteiger partial charge in [-0.2, -0.15) is 0 Å². The Balaban J connectivity index is 2.33. The minimum atomic E-state index is -0.406. The van der Waals surface area contributed by atoms with Gasteiger partial charge in [-0.05, 0) is 32.4 Å². The van der Waals surface area contributed by atoms with E-state index in [1.165, 1.54) is 4.57 Å². The van der Waals surface area contributed by atoms with Gasteiger partial charge in [-0.25, -0.2) is 4.79 Å². The van der Waals surface area contributed by atoms with Crippen molar-refractivity contribution in [1.82, 2.24) is 14.5 Å². The number of likely N-dealkylation sites (tertiary alicyclic amines) is 1. The van der Waals surface area contributed by atoms with E-state index in [1.807, 2.05) is 14.0 Å². The zero-order chi connectivity index (χ0) is 13.3. The molecular formula is C12H18ClN3O2. The lowest BCUT2D eigenvalue weighted by molar-refractivity contribution is 0.372. The highest BCUT2D eigenvalue weighted by Gasteiger charge is 2.22. The monoisotopic (exact) mass is 271 g/mol. The van der Waals surface area contributed by atoms with Crippen molar-refractivity contribution in [3.8, 4) is 0 Å². The largest absolute Gasteiger partial charge is 0.329 e. The van der Waals surface area contributed by atoms with E-state index in [2.05, 4.69) is 9.88 Å². The van der Waals surface area contributed by atoms with Crippen LogP contribution < -0.4 is 11.2 Å². The molecule has 1 atom stereocenters. The Morgan fingerprint density at radius 2 is 2.17 bits per heavy atom. The molecule has 6 heteroatoms. The molecule has 1 N–H and O–H groups in total. The van der Waals surface area contributed by atoms with E-state index in [4.69, 9.17) is 11.6 Å². The average molecular weight is 272 g/mol. The highest BCUT2D eigenvalue weighted by molar-refractivity contribution is 6.30. The number of rotatable bonds is 3. The average Bonchev–Trinajstić information content (AvgIpc) is 2.70. The Morgan fingerprint density at radius 1 is 1.44 bits per heavy atom. The van der Waals surface area contributed by atoms with Crippen LogP contribution in [0.5, 0.6) is 0 Å². The molecule has 5 nitrogen and oxygen atoms in total. The maximum absolute atomic E-state index is 12.2. The predicted molar refractivity (Wildman–Crippen MR) is 71.3 cm³/mol. The van der Waals surface area contributed by atoms with Gasteiger partial charge in [0.1, 0.15) is 5.15 Å². The summed E-state index contributed by atoms with van der Waals surface area (Å²) in [5.74, 6) is 0.361. The molecule has 0 aliphatic carbocycles. The second-order valence-electron chi connectivity index (χ2n) is 4.91. The first-order valence-corrected chi connectivity index (χ1v) is 6.60. The lowest BCUT2D eigenvalue weighted by Gasteiger charge is -2.13. The van der Waals surface area contributed by atoms with Crippen LogP contribution in [-0.2, 0) is 13.0 Å². The van der Waals surface area contributed by atoms with E-state index in [-0.39, 0.29) is 10.7 Å². The van der Waals surface area contributed by atoms with Gasteiger partial charge in [0.15, 0.2) is 0 Å². The highest BCUT2D eigenvalue weighted by Crippen LogP contribution is 2.15. The number of hydrogen-bond donors (Lipinski definition) is 1. The molecule has 2 rings (SSSR count). The molecule has 0 spiro atoms. The van der Waals surface area contributed by atoms with E-state index in [1.54, 1.807) is 0 Å².